The van der Waals surface area contributed by atoms with E-state index in [2.05, 4.69) is 5.73 Å². The minimum Gasteiger partial charge on any atom is -0.460 e. The molecule has 0 aliphatic rings. The molecule has 0 spiro atoms. The lowest BCUT2D eigenvalue weighted by atomic mass is 10.0. The molecule has 3 rings (SSSR count). The van der Waals surface area contributed by atoms with Gasteiger partial charge in [-0.2, -0.15) is 0 Å². The minimum atomic E-state index is -0.484. The summed E-state index contributed by atoms with van der Waals surface area (Å²) in [6, 6.07) is 8.71. The fourth-order valence-electron chi connectivity index (χ4n) is 2.61. The molecular formula is C21H20Cl2NO5+. The van der Waals surface area contributed by atoms with Crippen molar-refractivity contribution < 1.29 is 24.4 Å². The van der Waals surface area contributed by atoms with Crippen LogP contribution in [0.1, 0.15) is 20.3 Å². The van der Waals surface area contributed by atoms with Gasteiger partial charge in [-0.05, 0) is 36.8 Å². The molecule has 1 aromatic heterocycles. The zero-order valence-corrected chi connectivity index (χ0v) is 17.4. The van der Waals surface area contributed by atoms with Crippen molar-refractivity contribution in [2.75, 3.05) is 0 Å². The Hall–Kier alpha value is -2.54. The number of benzene rings is 2. The first kappa shape index (κ1) is 21.2. The summed E-state index contributed by atoms with van der Waals surface area (Å²) in [5.74, 6) is 0.191. The monoisotopic (exact) mass is 436 g/mol. The highest BCUT2D eigenvalue weighted by molar-refractivity contribution is 6.35. The van der Waals surface area contributed by atoms with Crippen LogP contribution in [0.3, 0.4) is 0 Å². The van der Waals surface area contributed by atoms with Gasteiger partial charge in [0.15, 0.2) is 6.04 Å². The van der Waals surface area contributed by atoms with Crippen molar-refractivity contribution in [3.05, 3.63) is 62.9 Å². The van der Waals surface area contributed by atoms with Crippen LogP contribution < -0.4 is 20.6 Å². The molecule has 8 heteroatoms. The SMILES string of the molecule is CC[C@@H](C)[C@H]([NH3+])C(=O)Oc1ccc2c(=O)c(Oc3ccc(Cl)cc3Cl)coc2c1. The maximum absolute atomic E-state index is 12.7. The topological polar surface area (TPSA) is 93.4 Å². The van der Waals surface area contributed by atoms with E-state index >= 15 is 0 Å². The lowest BCUT2D eigenvalue weighted by Gasteiger charge is -2.14. The van der Waals surface area contributed by atoms with Crippen LogP contribution in [0.5, 0.6) is 17.2 Å². The van der Waals surface area contributed by atoms with Gasteiger partial charge in [-0.25, -0.2) is 4.79 Å². The zero-order chi connectivity index (χ0) is 21.1. The Labute approximate surface area is 177 Å². The number of rotatable bonds is 6. The van der Waals surface area contributed by atoms with Crippen LogP contribution in [0, 0.1) is 5.92 Å². The second kappa shape index (κ2) is 8.86. The third-order valence-corrected chi connectivity index (χ3v) is 5.21. The quantitative estimate of drug-likeness (QED) is 0.454. The molecule has 0 bridgehead atoms. The molecule has 0 saturated carbocycles. The molecule has 0 amide bonds. The average Bonchev–Trinajstić information content (AvgIpc) is 2.70. The molecule has 2 atom stereocenters. The minimum absolute atomic E-state index is 0.0268. The molecule has 0 fully saturated rings. The third-order valence-electron chi connectivity index (χ3n) is 4.68. The van der Waals surface area contributed by atoms with Crippen molar-refractivity contribution in [1.82, 2.24) is 0 Å². The first-order valence-corrected chi connectivity index (χ1v) is 9.79. The Bertz CT molecular complexity index is 1110. The summed E-state index contributed by atoms with van der Waals surface area (Å²) < 4.78 is 16.5. The molecule has 0 saturated heterocycles. The van der Waals surface area contributed by atoms with Crippen LogP contribution in [-0.2, 0) is 4.79 Å². The second-order valence-electron chi connectivity index (χ2n) is 6.68. The molecule has 152 valence electrons. The Morgan fingerprint density at radius 2 is 1.93 bits per heavy atom. The first-order chi connectivity index (χ1) is 13.8. The van der Waals surface area contributed by atoms with E-state index < -0.39 is 12.0 Å². The molecule has 0 aliphatic heterocycles. The van der Waals surface area contributed by atoms with Crippen molar-refractivity contribution in [3.63, 3.8) is 0 Å². The highest BCUT2D eigenvalue weighted by Crippen LogP contribution is 2.31. The van der Waals surface area contributed by atoms with Gasteiger partial charge < -0.3 is 19.6 Å². The van der Waals surface area contributed by atoms with Crippen LogP contribution >= 0.6 is 23.2 Å². The van der Waals surface area contributed by atoms with Gasteiger partial charge >= 0.3 is 5.97 Å². The van der Waals surface area contributed by atoms with E-state index in [0.29, 0.717) is 5.02 Å². The van der Waals surface area contributed by atoms with Gasteiger partial charge in [-0.1, -0.05) is 37.0 Å². The highest BCUT2D eigenvalue weighted by Gasteiger charge is 2.25. The van der Waals surface area contributed by atoms with Gasteiger partial charge in [0.2, 0.25) is 11.2 Å². The Morgan fingerprint density at radius 3 is 2.62 bits per heavy atom. The molecule has 3 aromatic rings. The number of ether oxygens (including phenoxy) is 2. The van der Waals surface area contributed by atoms with Gasteiger partial charge in [-0.15, -0.1) is 0 Å². The fraction of sp³-hybridized carbons (Fsp3) is 0.238. The number of halogens is 2. The van der Waals surface area contributed by atoms with E-state index in [9.17, 15) is 9.59 Å². The average molecular weight is 437 g/mol. The van der Waals surface area contributed by atoms with Gasteiger partial charge in [-0.3, -0.25) is 4.79 Å². The number of quaternary nitrogens is 1. The smallest absolute Gasteiger partial charge is 0.370 e. The van der Waals surface area contributed by atoms with E-state index in [4.69, 9.17) is 37.1 Å². The van der Waals surface area contributed by atoms with Crippen molar-refractivity contribution in [2.45, 2.75) is 26.3 Å². The largest absolute Gasteiger partial charge is 0.460 e. The maximum atomic E-state index is 12.7. The van der Waals surface area contributed by atoms with Crippen LogP contribution in [0.15, 0.2) is 51.9 Å². The summed E-state index contributed by atoms with van der Waals surface area (Å²) >= 11 is 11.9. The second-order valence-corrected chi connectivity index (χ2v) is 7.52. The van der Waals surface area contributed by atoms with E-state index in [-0.39, 0.29) is 44.6 Å². The number of carbonyl (C=O) groups is 1. The number of hydrogen-bond donors (Lipinski definition) is 1. The molecule has 1 heterocycles. The van der Waals surface area contributed by atoms with Gasteiger partial charge in [0.05, 0.1) is 10.4 Å². The molecule has 0 unspecified atom stereocenters. The van der Waals surface area contributed by atoms with Crippen LogP contribution in [0.25, 0.3) is 11.0 Å². The Morgan fingerprint density at radius 1 is 1.17 bits per heavy atom. The Kier molecular flexibility index (Phi) is 6.47. The van der Waals surface area contributed by atoms with E-state index in [1.54, 1.807) is 12.1 Å². The van der Waals surface area contributed by atoms with E-state index in [1.807, 2.05) is 13.8 Å². The summed E-state index contributed by atoms with van der Waals surface area (Å²) in [5.41, 5.74) is 3.74. The summed E-state index contributed by atoms with van der Waals surface area (Å²) in [7, 11) is 0. The summed E-state index contributed by atoms with van der Waals surface area (Å²) in [4.78, 5) is 24.9. The van der Waals surface area contributed by atoms with Crippen LogP contribution in [0.4, 0.5) is 0 Å². The fourth-order valence-corrected chi connectivity index (χ4v) is 3.06. The van der Waals surface area contributed by atoms with Crippen LogP contribution in [-0.4, -0.2) is 12.0 Å². The lowest BCUT2D eigenvalue weighted by Crippen LogP contribution is -2.68. The number of hydrogen-bond acceptors (Lipinski definition) is 5. The van der Waals surface area contributed by atoms with Gasteiger partial charge in [0, 0.05) is 17.0 Å². The van der Waals surface area contributed by atoms with Crippen LogP contribution in [0.2, 0.25) is 10.0 Å². The van der Waals surface area contributed by atoms with Crippen molar-refractivity contribution >= 4 is 40.1 Å². The summed E-state index contributed by atoms with van der Waals surface area (Å²) in [5, 5.41) is 0.997. The van der Waals surface area contributed by atoms with Crippen molar-refractivity contribution in [3.8, 4) is 17.2 Å². The molecular weight excluding hydrogens is 417 g/mol. The number of fused-ring (bicyclic) bond motifs is 1. The van der Waals surface area contributed by atoms with Crippen molar-refractivity contribution in [2.24, 2.45) is 5.92 Å². The first-order valence-electron chi connectivity index (χ1n) is 9.03. The zero-order valence-electron chi connectivity index (χ0n) is 15.9. The summed E-state index contributed by atoms with van der Waals surface area (Å²) in [6.07, 6.45) is 2.00. The van der Waals surface area contributed by atoms with Gasteiger partial charge in [0.1, 0.15) is 23.3 Å². The highest BCUT2D eigenvalue weighted by atomic mass is 35.5. The maximum Gasteiger partial charge on any atom is 0.370 e. The van der Waals surface area contributed by atoms with Crippen molar-refractivity contribution in [1.29, 1.82) is 0 Å². The number of carbonyl (C=O) groups excluding carboxylic acids is 1. The standard InChI is InChI=1S/C21H19Cl2NO5/c1-3-11(2)19(24)21(26)28-13-5-6-14-17(9-13)27-10-18(20(14)25)29-16-7-4-12(22)8-15(16)23/h4-11,19H,3,24H2,1-2H3/p+1/t11-,19+/m1/s1. The Balaban J connectivity index is 1.85. The molecule has 2 aromatic carbocycles. The third kappa shape index (κ3) is 4.72. The van der Waals surface area contributed by atoms with E-state index in [0.717, 1.165) is 6.42 Å². The molecule has 0 aliphatic carbocycles. The molecule has 6 nitrogen and oxygen atoms in total. The predicted octanol–water partition coefficient (Wildman–Crippen LogP) is 4.45. The predicted molar refractivity (Wildman–Crippen MR) is 111 cm³/mol. The van der Waals surface area contributed by atoms with E-state index in [1.165, 1.54) is 30.5 Å². The lowest BCUT2D eigenvalue weighted by molar-refractivity contribution is -0.418. The van der Waals surface area contributed by atoms with Gasteiger partial charge in [0.25, 0.3) is 0 Å². The summed E-state index contributed by atoms with van der Waals surface area (Å²) in [6.45, 7) is 3.92. The normalized spacial score (nSPS) is 13.1. The molecule has 29 heavy (non-hydrogen) atoms. The molecule has 3 N–H and O–H groups in total. The number of esters is 1. The molecule has 0 radical (unpaired) electrons.